The van der Waals surface area contributed by atoms with E-state index in [1.165, 1.54) is 0 Å². The summed E-state index contributed by atoms with van der Waals surface area (Å²) in [6.07, 6.45) is 0.701. The maximum absolute atomic E-state index is 12.9. The monoisotopic (exact) mass is 351 g/mol. The molecule has 2 N–H and O–H groups in total. The van der Waals surface area contributed by atoms with Crippen LogP contribution >= 0.6 is 0 Å². The average molecular weight is 351 g/mol. The molecule has 0 aliphatic carbocycles. The number of nitrogens with zero attached hydrogens (tertiary/aromatic N) is 1. The molecule has 2 atom stereocenters. The van der Waals surface area contributed by atoms with Gasteiger partial charge in [-0.05, 0) is 30.0 Å². The number of para-hydroxylation sites is 1. The van der Waals surface area contributed by atoms with E-state index in [4.69, 9.17) is 0 Å². The van der Waals surface area contributed by atoms with Crippen LogP contribution in [-0.4, -0.2) is 35.5 Å². The number of hydrogen-bond acceptors (Lipinski definition) is 2. The number of urea groups is 1. The van der Waals surface area contributed by atoms with Gasteiger partial charge in [-0.15, -0.1) is 0 Å². The lowest BCUT2D eigenvalue weighted by Crippen LogP contribution is -2.64. The van der Waals surface area contributed by atoms with E-state index in [-0.39, 0.29) is 23.9 Å². The zero-order valence-corrected chi connectivity index (χ0v) is 15.2. The molecule has 3 amide bonds. The predicted molar refractivity (Wildman–Crippen MR) is 103 cm³/mol. The molecule has 0 bridgehead atoms. The lowest BCUT2D eigenvalue weighted by molar-refractivity contribution is -0.130. The van der Waals surface area contributed by atoms with Gasteiger partial charge in [-0.3, -0.25) is 4.79 Å². The third-order valence-corrected chi connectivity index (χ3v) is 4.61. The van der Waals surface area contributed by atoms with Gasteiger partial charge in [0.1, 0.15) is 6.04 Å². The second kappa shape index (κ2) is 8.04. The summed E-state index contributed by atoms with van der Waals surface area (Å²) in [4.78, 5) is 27.2. The second-order valence-electron chi connectivity index (χ2n) is 7.03. The quantitative estimate of drug-likeness (QED) is 0.888. The number of rotatable bonds is 4. The van der Waals surface area contributed by atoms with E-state index in [2.05, 4.69) is 10.6 Å². The zero-order valence-electron chi connectivity index (χ0n) is 15.2. The van der Waals surface area contributed by atoms with Crippen LogP contribution in [0.4, 0.5) is 10.5 Å². The summed E-state index contributed by atoms with van der Waals surface area (Å²) in [5.41, 5.74) is 1.87. The molecule has 2 aromatic carbocycles. The molecule has 1 fully saturated rings. The molecule has 5 nitrogen and oxygen atoms in total. The number of piperazine rings is 1. The second-order valence-corrected chi connectivity index (χ2v) is 7.03. The van der Waals surface area contributed by atoms with Crippen LogP contribution in [0.25, 0.3) is 0 Å². The molecular formula is C21H25N3O2. The first kappa shape index (κ1) is 18.0. The van der Waals surface area contributed by atoms with Crippen molar-refractivity contribution in [2.45, 2.75) is 32.4 Å². The SMILES string of the molecule is CC(C)[C@H]1C(=O)N[C@@H](Cc2ccccc2)CN1C(=O)Nc1ccccc1. The van der Waals surface area contributed by atoms with Gasteiger partial charge in [0.25, 0.3) is 0 Å². The largest absolute Gasteiger partial charge is 0.349 e. The van der Waals surface area contributed by atoms with Crippen molar-refractivity contribution in [2.24, 2.45) is 5.92 Å². The van der Waals surface area contributed by atoms with Crippen LogP contribution in [0, 0.1) is 5.92 Å². The summed E-state index contributed by atoms with van der Waals surface area (Å²) >= 11 is 0. The summed E-state index contributed by atoms with van der Waals surface area (Å²) in [6.45, 7) is 4.41. The zero-order chi connectivity index (χ0) is 18.5. The summed E-state index contributed by atoms with van der Waals surface area (Å²) in [7, 11) is 0. The molecule has 26 heavy (non-hydrogen) atoms. The van der Waals surface area contributed by atoms with E-state index in [0.717, 1.165) is 11.3 Å². The van der Waals surface area contributed by atoms with Gasteiger partial charge in [0.2, 0.25) is 5.91 Å². The van der Waals surface area contributed by atoms with Crippen LogP contribution in [0.15, 0.2) is 60.7 Å². The number of hydrogen-bond donors (Lipinski definition) is 2. The number of nitrogens with one attached hydrogen (secondary N) is 2. The highest BCUT2D eigenvalue weighted by Gasteiger charge is 2.39. The van der Waals surface area contributed by atoms with Crippen LogP contribution in [-0.2, 0) is 11.2 Å². The maximum Gasteiger partial charge on any atom is 0.322 e. The van der Waals surface area contributed by atoms with Crippen molar-refractivity contribution in [1.29, 1.82) is 0 Å². The Kier molecular flexibility index (Phi) is 5.56. The van der Waals surface area contributed by atoms with E-state index < -0.39 is 6.04 Å². The lowest BCUT2D eigenvalue weighted by atomic mass is 9.95. The smallest absolute Gasteiger partial charge is 0.322 e. The molecule has 0 aromatic heterocycles. The van der Waals surface area contributed by atoms with Crippen LogP contribution in [0.5, 0.6) is 0 Å². The number of carbonyl (C=O) groups excluding carboxylic acids is 2. The predicted octanol–water partition coefficient (Wildman–Crippen LogP) is 3.29. The first-order valence-corrected chi connectivity index (χ1v) is 9.01. The van der Waals surface area contributed by atoms with Crippen molar-refractivity contribution in [1.82, 2.24) is 10.2 Å². The highest BCUT2D eigenvalue weighted by atomic mass is 16.2. The fourth-order valence-corrected chi connectivity index (χ4v) is 3.43. The summed E-state index contributed by atoms with van der Waals surface area (Å²) in [6, 6.07) is 18.5. The number of anilines is 1. The van der Waals surface area contributed by atoms with Gasteiger partial charge in [0.15, 0.2) is 0 Å². The lowest BCUT2D eigenvalue weighted by Gasteiger charge is -2.41. The number of benzene rings is 2. The minimum atomic E-state index is -0.467. The Hall–Kier alpha value is -2.82. The first-order chi connectivity index (χ1) is 12.5. The van der Waals surface area contributed by atoms with Crippen LogP contribution in [0.1, 0.15) is 19.4 Å². The number of carbonyl (C=O) groups is 2. The highest BCUT2D eigenvalue weighted by Crippen LogP contribution is 2.20. The van der Waals surface area contributed by atoms with Gasteiger partial charge < -0.3 is 15.5 Å². The molecule has 136 valence electrons. The average Bonchev–Trinajstić information content (AvgIpc) is 2.62. The minimum absolute atomic E-state index is 0.0363. The standard InChI is InChI=1S/C21H25N3O2/c1-15(2)19-20(25)22-18(13-16-9-5-3-6-10-16)14-24(19)21(26)23-17-11-7-4-8-12-17/h3-12,15,18-19H,13-14H2,1-2H3,(H,22,25)(H,23,26)/t18-,19-/m0/s1. The summed E-state index contributed by atoms with van der Waals surface area (Å²) in [5, 5.41) is 5.99. The van der Waals surface area contributed by atoms with Crippen molar-refractivity contribution in [2.75, 3.05) is 11.9 Å². The molecule has 1 saturated heterocycles. The van der Waals surface area contributed by atoms with Gasteiger partial charge in [-0.1, -0.05) is 62.4 Å². The molecule has 0 spiro atoms. The van der Waals surface area contributed by atoms with Gasteiger partial charge in [-0.2, -0.15) is 0 Å². The molecule has 0 radical (unpaired) electrons. The molecule has 5 heteroatoms. The van der Waals surface area contributed by atoms with Crippen LogP contribution < -0.4 is 10.6 Å². The fraction of sp³-hybridized carbons (Fsp3) is 0.333. The molecule has 0 saturated carbocycles. The van der Waals surface area contributed by atoms with Crippen LogP contribution in [0.2, 0.25) is 0 Å². The van der Waals surface area contributed by atoms with Gasteiger partial charge in [0.05, 0.1) is 6.04 Å². The first-order valence-electron chi connectivity index (χ1n) is 9.01. The van der Waals surface area contributed by atoms with Crippen molar-refractivity contribution in [3.8, 4) is 0 Å². The Labute approximate surface area is 154 Å². The Morgan fingerprint density at radius 2 is 1.73 bits per heavy atom. The molecule has 1 aliphatic rings. The maximum atomic E-state index is 12.9. The van der Waals surface area contributed by atoms with E-state index in [0.29, 0.717) is 13.0 Å². The van der Waals surface area contributed by atoms with Crippen LogP contribution in [0.3, 0.4) is 0 Å². The Bertz CT molecular complexity index is 746. The normalized spacial score (nSPS) is 20.0. The fourth-order valence-electron chi connectivity index (χ4n) is 3.43. The molecule has 1 heterocycles. The topological polar surface area (TPSA) is 61.4 Å². The van der Waals surface area contributed by atoms with E-state index in [1.807, 2.05) is 74.5 Å². The van der Waals surface area contributed by atoms with Crippen molar-refractivity contribution < 1.29 is 9.59 Å². The van der Waals surface area contributed by atoms with E-state index in [9.17, 15) is 9.59 Å². The molecule has 3 rings (SSSR count). The Morgan fingerprint density at radius 1 is 1.12 bits per heavy atom. The van der Waals surface area contributed by atoms with E-state index >= 15 is 0 Å². The number of amides is 3. The Morgan fingerprint density at radius 3 is 2.35 bits per heavy atom. The van der Waals surface area contributed by atoms with Crippen molar-refractivity contribution in [3.05, 3.63) is 66.2 Å². The molecule has 1 aliphatic heterocycles. The summed E-state index contributed by atoms with van der Waals surface area (Å²) in [5.74, 6) is -0.0513. The van der Waals surface area contributed by atoms with Crippen molar-refractivity contribution >= 4 is 17.6 Å². The highest BCUT2D eigenvalue weighted by molar-refractivity contribution is 5.94. The summed E-state index contributed by atoms with van der Waals surface area (Å²) < 4.78 is 0. The van der Waals surface area contributed by atoms with E-state index in [1.54, 1.807) is 4.90 Å². The third-order valence-electron chi connectivity index (χ3n) is 4.61. The van der Waals surface area contributed by atoms with Crippen molar-refractivity contribution in [3.63, 3.8) is 0 Å². The molecular weight excluding hydrogens is 326 g/mol. The third kappa shape index (κ3) is 4.23. The molecule has 0 unspecified atom stereocenters. The van der Waals surface area contributed by atoms with Gasteiger partial charge >= 0.3 is 6.03 Å². The Balaban J connectivity index is 1.76. The van der Waals surface area contributed by atoms with Gasteiger partial charge in [0, 0.05) is 12.2 Å². The minimum Gasteiger partial charge on any atom is -0.349 e. The van der Waals surface area contributed by atoms with Gasteiger partial charge in [-0.25, -0.2) is 4.79 Å². The molecule has 2 aromatic rings.